The van der Waals surface area contributed by atoms with Gasteiger partial charge in [-0.3, -0.25) is 4.68 Å². The van der Waals surface area contributed by atoms with Gasteiger partial charge in [-0.2, -0.15) is 5.10 Å². The topological polar surface area (TPSA) is 56.1 Å². The van der Waals surface area contributed by atoms with Crippen LogP contribution < -0.4 is 5.32 Å². The summed E-state index contributed by atoms with van der Waals surface area (Å²) >= 11 is 3.30. The molecule has 0 bridgehead atoms. The highest BCUT2D eigenvalue weighted by molar-refractivity contribution is 9.10. The molecule has 84 valence electrons. The summed E-state index contributed by atoms with van der Waals surface area (Å²) in [6, 6.07) is 0. The standard InChI is InChI=1S/C9H14BrN3O2/c1-9(2,15-8(14)11-3)6-13-5-7(10)4-12-13/h4-5H,6H2,1-3H3,(H,11,14). The van der Waals surface area contributed by atoms with E-state index in [1.165, 1.54) is 7.05 Å². The number of carbonyl (C=O) groups excluding carboxylic acids is 1. The molecule has 0 fully saturated rings. The van der Waals surface area contributed by atoms with Crippen molar-refractivity contribution in [3.05, 3.63) is 16.9 Å². The predicted molar refractivity (Wildman–Crippen MR) is 59.5 cm³/mol. The van der Waals surface area contributed by atoms with Gasteiger partial charge in [-0.15, -0.1) is 0 Å². The number of nitrogens with one attached hydrogen (secondary N) is 1. The van der Waals surface area contributed by atoms with Gasteiger partial charge in [0, 0.05) is 13.2 Å². The predicted octanol–water partition coefficient (Wildman–Crippen LogP) is 1.78. The summed E-state index contributed by atoms with van der Waals surface area (Å²) in [5.74, 6) is 0. The molecule has 0 aliphatic rings. The number of halogens is 1. The number of ether oxygens (including phenoxy) is 1. The molecule has 1 aromatic rings. The molecule has 0 aliphatic carbocycles. The van der Waals surface area contributed by atoms with Crippen molar-refractivity contribution in [2.45, 2.75) is 26.0 Å². The van der Waals surface area contributed by atoms with Crippen molar-refractivity contribution in [3.63, 3.8) is 0 Å². The van der Waals surface area contributed by atoms with Crippen molar-refractivity contribution in [3.8, 4) is 0 Å². The minimum atomic E-state index is -0.592. The molecule has 1 amide bonds. The second-order valence-corrected chi connectivity index (χ2v) is 4.67. The van der Waals surface area contributed by atoms with Crippen LogP contribution in [0.4, 0.5) is 4.79 Å². The van der Waals surface area contributed by atoms with Crippen molar-refractivity contribution in [1.82, 2.24) is 15.1 Å². The smallest absolute Gasteiger partial charge is 0.407 e. The van der Waals surface area contributed by atoms with Gasteiger partial charge in [-0.05, 0) is 29.8 Å². The van der Waals surface area contributed by atoms with Gasteiger partial charge in [-0.1, -0.05) is 0 Å². The van der Waals surface area contributed by atoms with Crippen LogP contribution >= 0.6 is 15.9 Å². The molecule has 15 heavy (non-hydrogen) atoms. The van der Waals surface area contributed by atoms with Crippen LogP contribution in [0.2, 0.25) is 0 Å². The Morgan fingerprint density at radius 2 is 2.40 bits per heavy atom. The van der Waals surface area contributed by atoms with Gasteiger partial charge in [0.1, 0.15) is 5.60 Å². The normalized spacial score (nSPS) is 11.2. The molecule has 6 heteroatoms. The average molecular weight is 276 g/mol. The highest BCUT2D eigenvalue weighted by Crippen LogP contribution is 2.14. The number of alkyl carbamates (subject to hydrolysis) is 1. The van der Waals surface area contributed by atoms with Crippen molar-refractivity contribution in [1.29, 1.82) is 0 Å². The lowest BCUT2D eigenvalue weighted by Crippen LogP contribution is -2.36. The highest BCUT2D eigenvalue weighted by atomic mass is 79.9. The minimum Gasteiger partial charge on any atom is -0.442 e. The van der Waals surface area contributed by atoms with Crippen LogP contribution in [0.15, 0.2) is 16.9 Å². The van der Waals surface area contributed by atoms with Crippen LogP contribution in [0, 0.1) is 0 Å². The van der Waals surface area contributed by atoms with E-state index in [2.05, 4.69) is 26.3 Å². The second kappa shape index (κ2) is 4.65. The zero-order valence-corrected chi connectivity index (χ0v) is 10.5. The van der Waals surface area contributed by atoms with Crippen LogP contribution in [0.5, 0.6) is 0 Å². The largest absolute Gasteiger partial charge is 0.442 e. The maximum absolute atomic E-state index is 11.1. The van der Waals surface area contributed by atoms with Crippen molar-refractivity contribution in [2.75, 3.05) is 7.05 Å². The Hall–Kier alpha value is -1.04. The van der Waals surface area contributed by atoms with E-state index in [0.717, 1.165) is 4.47 Å². The Labute approximate surface area is 96.9 Å². The van der Waals surface area contributed by atoms with E-state index in [1.54, 1.807) is 10.9 Å². The third-order valence-electron chi connectivity index (χ3n) is 1.72. The van der Waals surface area contributed by atoms with E-state index in [4.69, 9.17) is 4.74 Å². The Kier molecular flexibility index (Phi) is 3.73. The molecule has 1 N–H and O–H groups in total. The van der Waals surface area contributed by atoms with Gasteiger partial charge in [-0.25, -0.2) is 4.79 Å². The Morgan fingerprint density at radius 3 is 2.87 bits per heavy atom. The van der Waals surface area contributed by atoms with Gasteiger partial charge in [0.2, 0.25) is 0 Å². The molecule has 0 saturated heterocycles. The lowest BCUT2D eigenvalue weighted by molar-refractivity contribution is 0.0251. The quantitative estimate of drug-likeness (QED) is 0.915. The zero-order valence-electron chi connectivity index (χ0n) is 8.95. The SMILES string of the molecule is CNC(=O)OC(C)(C)Cn1cc(Br)cn1. The van der Waals surface area contributed by atoms with E-state index in [-0.39, 0.29) is 0 Å². The minimum absolute atomic E-state index is 0.439. The van der Waals surface area contributed by atoms with Gasteiger partial charge in [0.15, 0.2) is 0 Å². The number of amides is 1. The lowest BCUT2D eigenvalue weighted by atomic mass is 10.1. The molecule has 0 aromatic carbocycles. The van der Waals surface area contributed by atoms with Crippen molar-refractivity contribution < 1.29 is 9.53 Å². The summed E-state index contributed by atoms with van der Waals surface area (Å²) in [6.45, 7) is 4.17. The molecule has 1 rings (SSSR count). The first-order valence-electron chi connectivity index (χ1n) is 4.51. The van der Waals surface area contributed by atoms with Crippen LogP contribution in [-0.2, 0) is 11.3 Å². The number of rotatable bonds is 3. The molecule has 0 saturated carbocycles. The fraction of sp³-hybridized carbons (Fsp3) is 0.556. The second-order valence-electron chi connectivity index (χ2n) is 3.76. The fourth-order valence-electron chi connectivity index (χ4n) is 1.15. The van der Waals surface area contributed by atoms with E-state index in [1.807, 2.05) is 20.0 Å². The van der Waals surface area contributed by atoms with E-state index in [9.17, 15) is 4.79 Å². The van der Waals surface area contributed by atoms with Crippen LogP contribution in [0.3, 0.4) is 0 Å². The summed E-state index contributed by atoms with van der Waals surface area (Å²) in [4.78, 5) is 11.1. The Balaban J connectivity index is 2.59. The molecule has 0 atom stereocenters. The third kappa shape index (κ3) is 3.91. The molecule has 0 radical (unpaired) electrons. The molecule has 1 aromatic heterocycles. The number of carbonyl (C=O) groups is 1. The highest BCUT2D eigenvalue weighted by Gasteiger charge is 2.23. The molecule has 0 spiro atoms. The molecule has 5 nitrogen and oxygen atoms in total. The number of hydrogen-bond donors (Lipinski definition) is 1. The monoisotopic (exact) mass is 275 g/mol. The summed E-state index contributed by atoms with van der Waals surface area (Å²) in [5, 5.41) is 6.50. The summed E-state index contributed by atoms with van der Waals surface area (Å²) in [5.41, 5.74) is -0.592. The van der Waals surface area contributed by atoms with E-state index < -0.39 is 11.7 Å². The summed E-state index contributed by atoms with van der Waals surface area (Å²) < 4.78 is 7.79. The van der Waals surface area contributed by atoms with Crippen LogP contribution in [-0.4, -0.2) is 28.5 Å². The molecular weight excluding hydrogens is 262 g/mol. The van der Waals surface area contributed by atoms with Crippen LogP contribution in [0.25, 0.3) is 0 Å². The number of hydrogen-bond acceptors (Lipinski definition) is 3. The van der Waals surface area contributed by atoms with Gasteiger partial charge < -0.3 is 10.1 Å². The van der Waals surface area contributed by atoms with Crippen LogP contribution in [0.1, 0.15) is 13.8 Å². The zero-order chi connectivity index (χ0) is 11.5. The maximum Gasteiger partial charge on any atom is 0.407 e. The van der Waals surface area contributed by atoms with E-state index in [0.29, 0.717) is 6.54 Å². The van der Waals surface area contributed by atoms with E-state index >= 15 is 0 Å². The maximum atomic E-state index is 11.1. The lowest BCUT2D eigenvalue weighted by Gasteiger charge is -2.24. The molecular formula is C9H14BrN3O2. The first-order valence-corrected chi connectivity index (χ1v) is 5.31. The molecule has 0 unspecified atom stereocenters. The number of nitrogens with zero attached hydrogens (tertiary/aromatic N) is 2. The molecule has 0 aliphatic heterocycles. The van der Waals surface area contributed by atoms with Crippen molar-refractivity contribution >= 4 is 22.0 Å². The fourth-order valence-corrected chi connectivity index (χ4v) is 1.48. The molecule has 1 heterocycles. The van der Waals surface area contributed by atoms with Gasteiger partial charge >= 0.3 is 6.09 Å². The van der Waals surface area contributed by atoms with Gasteiger partial charge in [0.05, 0.1) is 17.2 Å². The summed E-state index contributed by atoms with van der Waals surface area (Å²) in [6.07, 6.45) is 3.08. The Bertz CT molecular complexity index is 349. The first kappa shape index (κ1) is 12.0. The Morgan fingerprint density at radius 1 is 1.73 bits per heavy atom. The first-order chi connectivity index (χ1) is 6.93. The summed E-state index contributed by atoms with van der Waals surface area (Å²) in [7, 11) is 1.53. The van der Waals surface area contributed by atoms with Gasteiger partial charge in [0.25, 0.3) is 0 Å². The van der Waals surface area contributed by atoms with Crippen molar-refractivity contribution in [2.24, 2.45) is 0 Å². The average Bonchev–Trinajstić information content (AvgIpc) is 2.49. The number of aromatic nitrogens is 2. The third-order valence-corrected chi connectivity index (χ3v) is 2.13.